The summed E-state index contributed by atoms with van der Waals surface area (Å²) in [5, 5.41) is 50.5. The third kappa shape index (κ3) is 6.00. The van der Waals surface area contributed by atoms with Crippen molar-refractivity contribution in [3.8, 4) is 11.3 Å². The first-order chi connectivity index (χ1) is 18.9. The van der Waals surface area contributed by atoms with Gasteiger partial charge in [0, 0.05) is 32.2 Å². The molecule has 0 spiro atoms. The SMILES string of the molecule is CCN(C)C(=O)C(S[C@@H]1O[C@H](CO)[C@H](O)[C@H](n2cc(-c3cc(F)c(F)c(F)c3)nn2)[C@H]1O)C1(O)CCN(C)CC1. The molecule has 15 heteroatoms. The number of aliphatic hydroxyl groups is 4. The lowest BCUT2D eigenvalue weighted by atomic mass is 9.87. The number of rotatable bonds is 8. The highest BCUT2D eigenvalue weighted by molar-refractivity contribution is 8.01. The van der Waals surface area contributed by atoms with Crippen molar-refractivity contribution in [3.63, 3.8) is 0 Å². The monoisotopic (exact) mass is 589 g/mol. The third-order valence-electron chi connectivity index (χ3n) is 7.63. The molecule has 1 aromatic heterocycles. The van der Waals surface area contributed by atoms with E-state index in [0.29, 0.717) is 32.5 Å². The van der Waals surface area contributed by atoms with Gasteiger partial charge in [-0.1, -0.05) is 5.21 Å². The van der Waals surface area contributed by atoms with E-state index in [-0.39, 0.29) is 17.2 Å². The number of amides is 1. The topological polar surface area (TPSA) is 144 Å². The van der Waals surface area contributed by atoms with Crippen LogP contribution in [0.15, 0.2) is 18.3 Å². The minimum atomic E-state index is -1.64. The maximum Gasteiger partial charge on any atom is 0.238 e. The van der Waals surface area contributed by atoms with Crippen molar-refractivity contribution >= 4 is 17.7 Å². The van der Waals surface area contributed by atoms with Gasteiger partial charge >= 0.3 is 0 Å². The van der Waals surface area contributed by atoms with Crippen LogP contribution in [-0.2, 0) is 9.53 Å². The molecule has 2 fully saturated rings. The number of halogens is 3. The number of likely N-dealkylation sites (tertiary alicyclic amines) is 1. The summed E-state index contributed by atoms with van der Waals surface area (Å²) >= 11 is 0.904. The number of ether oxygens (including phenoxy) is 1. The second-order valence-electron chi connectivity index (χ2n) is 10.3. The highest BCUT2D eigenvalue weighted by atomic mass is 32.2. The van der Waals surface area contributed by atoms with Crippen molar-refractivity contribution in [2.45, 2.75) is 60.4 Å². The average Bonchev–Trinajstić information content (AvgIpc) is 3.41. The Morgan fingerprint density at radius 3 is 2.42 bits per heavy atom. The number of carbonyl (C=O) groups excluding carboxylic acids is 1. The molecule has 0 radical (unpaired) electrons. The molecule has 1 unspecified atom stereocenters. The lowest BCUT2D eigenvalue weighted by Gasteiger charge is -2.46. The van der Waals surface area contributed by atoms with E-state index in [1.807, 2.05) is 11.9 Å². The van der Waals surface area contributed by atoms with Gasteiger partial charge in [0.25, 0.3) is 0 Å². The van der Waals surface area contributed by atoms with Crippen LogP contribution in [0.5, 0.6) is 0 Å². The van der Waals surface area contributed by atoms with Gasteiger partial charge in [-0.15, -0.1) is 16.9 Å². The Labute approximate surface area is 233 Å². The van der Waals surface area contributed by atoms with Crippen LogP contribution in [0.25, 0.3) is 11.3 Å². The lowest BCUT2D eigenvalue weighted by Crippen LogP contribution is -2.59. The molecular formula is C25H34F3N5O6S. The second kappa shape index (κ2) is 12.3. The lowest BCUT2D eigenvalue weighted by molar-refractivity contribution is -0.179. The fourth-order valence-corrected chi connectivity index (χ4v) is 6.51. The molecule has 4 N–H and O–H groups in total. The van der Waals surface area contributed by atoms with Crippen molar-refractivity contribution in [3.05, 3.63) is 35.8 Å². The highest BCUT2D eigenvalue weighted by Crippen LogP contribution is 2.42. The smallest absolute Gasteiger partial charge is 0.238 e. The Bertz CT molecular complexity index is 1180. The molecule has 40 heavy (non-hydrogen) atoms. The predicted octanol–water partition coefficient (Wildman–Crippen LogP) is 0.379. The number of hydrogen-bond acceptors (Lipinski definition) is 10. The number of carbonyl (C=O) groups is 1. The molecule has 2 aromatic rings. The minimum absolute atomic E-state index is 0.0632. The number of piperidine rings is 1. The zero-order valence-electron chi connectivity index (χ0n) is 22.3. The Kier molecular flexibility index (Phi) is 9.44. The summed E-state index contributed by atoms with van der Waals surface area (Å²) in [4.78, 5) is 16.9. The molecule has 0 saturated carbocycles. The van der Waals surface area contributed by atoms with Crippen LogP contribution in [0.1, 0.15) is 25.8 Å². The first-order valence-electron chi connectivity index (χ1n) is 12.9. The predicted molar refractivity (Wildman–Crippen MR) is 139 cm³/mol. The summed E-state index contributed by atoms with van der Waals surface area (Å²) < 4.78 is 47.9. The summed E-state index contributed by atoms with van der Waals surface area (Å²) in [6, 6.07) is 0.217. The average molecular weight is 590 g/mol. The second-order valence-corrected chi connectivity index (χ2v) is 11.5. The number of benzene rings is 1. The summed E-state index contributed by atoms with van der Waals surface area (Å²) in [5.74, 6) is -4.85. The molecule has 2 saturated heterocycles. The van der Waals surface area contributed by atoms with Crippen LogP contribution < -0.4 is 0 Å². The first kappa shape index (κ1) is 30.7. The van der Waals surface area contributed by atoms with Crippen LogP contribution in [0.3, 0.4) is 0 Å². The summed E-state index contributed by atoms with van der Waals surface area (Å²) in [5.41, 5.74) is -2.78. The van der Waals surface area contributed by atoms with Gasteiger partial charge < -0.3 is 35.0 Å². The van der Waals surface area contributed by atoms with Crippen molar-refractivity contribution in [1.82, 2.24) is 24.8 Å². The van der Waals surface area contributed by atoms with Crippen LogP contribution in [0.4, 0.5) is 13.2 Å². The Hall–Kier alpha value is -2.27. The molecule has 1 aromatic carbocycles. The van der Waals surface area contributed by atoms with Crippen LogP contribution in [-0.4, -0.2) is 126 Å². The third-order valence-corrected chi connectivity index (χ3v) is 9.20. The van der Waals surface area contributed by atoms with Crippen LogP contribution in [0, 0.1) is 17.5 Å². The zero-order chi connectivity index (χ0) is 29.4. The molecular weight excluding hydrogens is 555 g/mol. The van der Waals surface area contributed by atoms with E-state index in [4.69, 9.17) is 4.74 Å². The molecule has 2 aliphatic rings. The van der Waals surface area contributed by atoms with Crippen LogP contribution in [0.2, 0.25) is 0 Å². The largest absolute Gasteiger partial charge is 0.394 e. The van der Waals surface area contributed by atoms with Crippen LogP contribution >= 0.6 is 11.8 Å². The van der Waals surface area contributed by atoms with Crippen molar-refractivity contribution in [2.75, 3.05) is 40.3 Å². The molecule has 0 aliphatic carbocycles. The van der Waals surface area contributed by atoms with Gasteiger partial charge in [-0.3, -0.25) is 4.79 Å². The number of hydrogen-bond donors (Lipinski definition) is 4. The van der Waals surface area contributed by atoms with Gasteiger partial charge in [-0.2, -0.15) is 0 Å². The Balaban J connectivity index is 1.65. The van der Waals surface area contributed by atoms with Crippen molar-refractivity contribution in [1.29, 1.82) is 0 Å². The van der Waals surface area contributed by atoms with E-state index in [1.165, 1.54) is 11.1 Å². The van der Waals surface area contributed by atoms with Gasteiger partial charge in [-0.05, 0) is 38.9 Å². The van der Waals surface area contributed by atoms with Gasteiger partial charge in [0.2, 0.25) is 5.91 Å². The molecule has 2 aliphatic heterocycles. The molecule has 11 nitrogen and oxygen atoms in total. The minimum Gasteiger partial charge on any atom is -0.394 e. The van der Waals surface area contributed by atoms with Gasteiger partial charge in [0.1, 0.15) is 40.7 Å². The summed E-state index contributed by atoms with van der Waals surface area (Å²) in [7, 11) is 3.52. The summed E-state index contributed by atoms with van der Waals surface area (Å²) in [6.45, 7) is 2.64. The fraction of sp³-hybridized carbons (Fsp3) is 0.640. The first-order valence-corrected chi connectivity index (χ1v) is 13.8. The Morgan fingerprint density at radius 2 is 1.85 bits per heavy atom. The molecule has 0 bridgehead atoms. The van der Waals surface area contributed by atoms with E-state index in [2.05, 4.69) is 10.3 Å². The highest BCUT2D eigenvalue weighted by Gasteiger charge is 2.51. The molecule has 1 amide bonds. The zero-order valence-corrected chi connectivity index (χ0v) is 23.1. The van der Waals surface area contributed by atoms with E-state index in [0.717, 1.165) is 28.6 Å². The quantitative estimate of drug-likeness (QED) is 0.319. The number of aliphatic hydroxyl groups excluding tert-OH is 3. The molecule has 4 rings (SSSR count). The van der Waals surface area contributed by atoms with Gasteiger partial charge in [0.05, 0.1) is 18.4 Å². The maximum atomic E-state index is 13.8. The summed E-state index contributed by atoms with van der Waals surface area (Å²) in [6.07, 6.45) is -2.39. The van der Waals surface area contributed by atoms with E-state index < -0.39 is 64.7 Å². The molecule has 3 heterocycles. The van der Waals surface area contributed by atoms with Gasteiger partial charge in [-0.25, -0.2) is 17.9 Å². The molecule has 6 atom stereocenters. The number of thioether (sulfide) groups is 1. The van der Waals surface area contributed by atoms with E-state index >= 15 is 0 Å². The number of nitrogens with zero attached hydrogens (tertiary/aromatic N) is 5. The standard InChI is InChI=1S/C25H34F3N5O6S/c1-4-32(3)23(37)22(25(38)5-7-31(2)8-6-25)40-24-21(36)19(20(35)17(12-34)39-24)33-11-16(29-30-33)13-9-14(26)18(28)15(27)10-13/h9-11,17,19-22,24,34-36,38H,4-8,12H2,1-3H3/t17-,19+,20+,21-,22?,24+/m1/s1. The maximum absolute atomic E-state index is 13.8. The Morgan fingerprint density at radius 1 is 1.23 bits per heavy atom. The van der Waals surface area contributed by atoms with Gasteiger partial charge in [0.15, 0.2) is 17.5 Å². The van der Waals surface area contributed by atoms with Crippen molar-refractivity contribution in [2.24, 2.45) is 0 Å². The fourth-order valence-electron chi connectivity index (χ4n) is 4.92. The normalized spacial score (nSPS) is 27.9. The van der Waals surface area contributed by atoms with E-state index in [1.54, 1.807) is 14.0 Å². The number of aromatic nitrogens is 3. The van der Waals surface area contributed by atoms with Crippen molar-refractivity contribution < 1.29 is 43.1 Å². The van der Waals surface area contributed by atoms with E-state index in [9.17, 15) is 38.4 Å². The molecule has 222 valence electrons.